The number of rotatable bonds is 0. The summed E-state index contributed by atoms with van der Waals surface area (Å²) in [4.78, 5) is 7.06. The van der Waals surface area contributed by atoms with Crippen molar-refractivity contribution in [1.82, 2.24) is 9.97 Å². The van der Waals surface area contributed by atoms with E-state index in [1.54, 1.807) is 6.20 Å². The van der Waals surface area contributed by atoms with Crippen molar-refractivity contribution in [3.05, 3.63) is 24.5 Å². The molecule has 11 heavy (non-hydrogen) atoms. The minimum Gasteiger partial charge on any atom is -0.360 e. The molecule has 2 rings (SSSR count). The van der Waals surface area contributed by atoms with Gasteiger partial charge in [-0.3, -0.25) is 0 Å². The molecule has 2 heterocycles. The van der Waals surface area contributed by atoms with E-state index in [1.807, 2.05) is 18.3 Å². The van der Waals surface area contributed by atoms with Crippen LogP contribution in [0.4, 0.5) is 0 Å². The lowest BCUT2D eigenvalue weighted by molar-refractivity contribution is 1.16. The lowest BCUT2D eigenvalue weighted by atomic mass is 10.3. The van der Waals surface area contributed by atoms with E-state index < -0.39 is 0 Å². The lowest BCUT2D eigenvalue weighted by Crippen LogP contribution is -1.73. The van der Waals surface area contributed by atoms with Crippen molar-refractivity contribution in [3.63, 3.8) is 0 Å². The minimum atomic E-state index is 0. The highest BCUT2D eigenvalue weighted by atomic mass is 35.5. The first-order valence-electron chi connectivity index (χ1n) is 2.98. The Kier molecular flexibility index (Phi) is 2.42. The fourth-order valence-electron chi connectivity index (χ4n) is 0.939. The number of aromatic nitrogens is 2. The van der Waals surface area contributed by atoms with Crippen LogP contribution in [0, 0.1) is 0 Å². The van der Waals surface area contributed by atoms with Gasteiger partial charge in [0.1, 0.15) is 0 Å². The predicted molar refractivity (Wildman–Crippen MR) is 50.6 cm³/mol. The number of hydrogen-bond donors (Lipinski definition) is 2. The summed E-state index contributed by atoms with van der Waals surface area (Å²) in [5.74, 6) is 0. The molecule has 2 aromatic heterocycles. The molecule has 0 aliphatic rings. The van der Waals surface area contributed by atoms with Crippen LogP contribution in [-0.2, 0) is 0 Å². The first kappa shape index (κ1) is 8.43. The lowest BCUT2D eigenvalue weighted by Gasteiger charge is -1.88. The molecule has 0 radical (unpaired) electrons. The van der Waals surface area contributed by atoms with Crippen LogP contribution in [0.2, 0.25) is 0 Å². The molecule has 0 atom stereocenters. The van der Waals surface area contributed by atoms with Crippen molar-refractivity contribution in [2.75, 3.05) is 0 Å². The zero-order chi connectivity index (χ0) is 6.97. The Balaban J connectivity index is 0.000000605. The summed E-state index contributed by atoms with van der Waals surface area (Å²) < 4.78 is 0. The maximum Gasteiger partial charge on any atom is 0.0937 e. The Labute approximate surface area is 75.9 Å². The van der Waals surface area contributed by atoms with E-state index in [-0.39, 0.29) is 12.4 Å². The van der Waals surface area contributed by atoms with Crippen molar-refractivity contribution in [3.8, 4) is 0 Å². The van der Waals surface area contributed by atoms with Crippen molar-refractivity contribution in [2.45, 2.75) is 5.03 Å². The van der Waals surface area contributed by atoms with Gasteiger partial charge in [0.25, 0.3) is 0 Å². The molecule has 0 aromatic carbocycles. The Morgan fingerprint density at radius 2 is 2.27 bits per heavy atom. The topological polar surface area (TPSA) is 28.7 Å². The number of pyridine rings is 1. The molecule has 0 bridgehead atoms. The van der Waals surface area contributed by atoms with Gasteiger partial charge < -0.3 is 4.98 Å². The predicted octanol–water partition coefficient (Wildman–Crippen LogP) is 2.27. The van der Waals surface area contributed by atoms with Gasteiger partial charge in [-0.1, -0.05) is 0 Å². The van der Waals surface area contributed by atoms with Crippen molar-refractivity contribution in [1.29, 1.82) is 0 Å². The highest BCUT2D eigenvalue weighted by Gasteiger charge is 1.92. The van der Waals surface area contributed by atoms with Gasteiger partial charge in [0, 0.05) is 11.6 Å². The van der Waals surface area contributed by atoms with Crippen molar-refractivity contribution >= 4 is 35.9 Å². The summed E-state index contributed by atoms with van der Waals surface area (Å²) in [6.45, 7) is 0. The zero-order valence-electron chi connectivity index (χ0n) is 5.61. The van der Waals surface area contributed by atoms with E-state index >= 15 is 0 Å². The van der Waals surface area contributed by atoms with E-state index in [1.165, 1.54) is 0 Å². The highest BCUT2D eigenvalue weighted by molar-refractivity contribution is 7.80. The van der Waals surface area contributed by atoms with Crippen LogP contribution < -0.4 is 0 Å². The standard InChI is InChI=1S/C7H6N2S.ClH/c10-7-3-5-1-2-8-6(5)4-9-7;/h1-4,8H,(H,9,10);1H. The largest absolute Gasteiger partial charge is 0.360 e. The van der Waals surface area contributed by atoms with E-state index in [9.17, 15) is 0 Å². The molecular weight excluding hydrogens is 180 g/mol. The first-order chi connectivity index (χ1) is 4.86. The highest BCUT2D eigenvalue weighted by Crippen LogP contribution is 2.12. The number of nitrogens with zero attached hydrogens (tertiary/aromatic N) is 1. The van der Waals surface area contributed by atoms with Crippen molar-refractivity contribution < 1.29 is 0 Å². The molecule has 2 nitrogen and oxygen atoms in total. The Hall–Kier alpha value is -0.670. The number of halogens is 1. The summed E-state index contributed by atoms with van der Waals surface area (Å²) in [5.41, 5.74) is 1.05. The van der Waals surface area contributed by atoms with E-state index in [4.69, 9.17) is 0 Å². The molecular formula is C7H7ClN2S. The van der Waals surface area contributed by atoms with Gasteiger partial charge in [0.2, 0.25) is 0 Å². The Morgan fingerprint density at radius 1 is 1.45 bits per heavy atom. The first-order valence-corrected chi connectivity index (χ1v) is 3.43. The van der Waals surface area contributed by atoms with Crippen molar-refractivity contribution in [2.24, 2.45) is 0 Å². The molecule has 1 N–H and O–H groups in total. The molecule has 0 aliphatic carbocycles. The van der Waals surface area contributed by atoms with Crippen LogP contribution in [0.3, 0.4) is 0 Å². The van der Waals surface area contributed by atoms with Crippen LogP contribution in [-0.4, -0.2) is 9.97 Å². The Bertz CT molecular complexity index is 358. The second kappa shape index (κ2) is 3.15. The summed E-state index contributed by atoms with van der Waals surface area (Å²) >= 11 is 4.11. The van der Waals surface area contributed by atoms with Crippen LogP contribution in [0.25, 0.3) is 10.9 Å². The number of thiol groups is 1. The maximum absolute atomic E-state index is 4.11. The third kappa shape index (κ3) is 1.49. The fourth-order valence-corrected chi connectivity index (χ4v) is 1.14. The van der Waals surface area contributed by atoms with Gasteiger partial charge in [-0.05, 0) is 12.1 Å². The molecule has 0 amide bonds. The number of hydrogen-bond acceptors (Lipinski definition) is 2. The number of nitrogens with one attached hydrogen (secondary N) is 1. The van der Waals surface area contributed by atoms with Gasteiger partial charge in [-0.15, -0.1) is 25.0 Å². The fraction of sp³-hybridized carbons (Fsp3) is 0. The molecule has 0 aliphatic heterocycles. The van der Waals surface area contributed by atoms with E-state index in [2.05, 4.69) is 22.6 Å². The van der Waals surface area contributed by atoms with Crippen LogP contribution in [0.1, 0.15) is 0 Å². The summed E-state index contributed by atoms with van der Waals surface area (Å²) in [5, 5.41) is 1.91. The summed E-state index contributed by atoms with van der Waals surface area (Å²) in [6.07, 6.45) is 3.66. The maximum atomic E-state index is 4.11. The molecule has 0 saturated heterocycles. The molecule has 0 fully saturated rings. The second-order valence-electron chi connectivity index (χ2n) is 2.11. The third-order valence-corrected chi connectivity index (χ3v) is 1.67. The third-order valence-electron chi connectivity index (χ3n) is 1.42. The van der Waals surface area contributed by atoms with Crippen LogP contribution in [0.15, 0.2) is 29.6 Å². The van der Waals surface area contributed by atoms with Crippen LogP contribution >= 0.6 is 25.0 Å². The van der Waals surface area contributed by atoms with Gasteiger partial charge in [0.05, 0.1) is 16.7 Å². The monoisotopic (exact) mass is 186 g/mol. The van der Waals surface area contributed by atoms with Gasteiger partial charge in [-0.25, -0.2) is 4.98 Å². The second-order valence-corrected chi connectivity index (χ2v) is 2.57. The number of H-pyrrole nitrogens is 1. The quantitative estimate of drug-likeness (QED) is 0.608. The number of aromatic amines is 1. The molecule has 58 valence electrons. The van der Waals surface area contributed by atoms with Gasteiger partial charge in [-0.2, -0.15) is 0 Å². The normalized spacial score (nSPS) is 9.55. The molecule has 0 spiro atoms. The van der Waals surface area contributed by atoms with E-state index in [0.717, 1.165) is 15.9 Å². The minimum absolute atomic E-state index is 0. The molecule has 0 unspecified atom stereocenters. The molecule has 4 heteroatoms. The summed E-state index contributed by atoms with van der Waals surface area (Å²) in [6, 6.07) is 3.92. The van der Waals surface area contributed by atoms with E-state index in [0.29, 0.717) is 0 Å². The average Bonchev–Trinajstić information content (AvgIpc) is 2.33. The molecule has 0 saturated carbocycles. The Morgan fingerprint density at radius 3 is 3.09 bits per heavy atom. The zero-order valence-corrected chi connectivity index (χ0v) is 7.32. The SMILES string of the molecule is Cl.Sc1cc2cc[nH]c2cn1. The number of fused-ring (bicyclic) bond motifs is 1. The van der Waals surface area contributed by atoms with Gasteiger partial charge >= 0.3 is 0 Å². The summed E-state index contributed by atoms with van der Waals surface area (Å²) in [7, 11) is 0. The smallest absolute Gasteiger partial charge is 0.0937 e. The average molecular weight is 187 g/mol. The van der Waals surface area contributed by atoms with Gasteiger partial charge in [0.15, 0.2) is 0 Å². The molecule has 2 aromatic rings. The van der Waals surface area contributed by atoms with Crippen LogP contribution in [0.5, 0.6) is 0 Å².